The van der Waals surface area contributed by atoms with Crippen LogP contribution in [0.3, 0.4) is 0 Å². The summed E-state index contributed by atoms with van der Waals surface area (Å²) in [7, 11) is -1.02. The highest BCUT2D eigenvalue weighted by Gasteiger charge is 2.23. The van der Waals surface area contributed by atoms with Crippen LogP contribution in [0.4, 0.5) is 11.4 Å². The fourth-order valence-corrected chi connectivity index (χ4v) is 2.99. The van der Waals surface area contributed by atoms with E-state index >= 15 is 0 Å². The Hall–Kier alpha value is -2.73. The zero-order valence-corrected chi connectivity index (χ0v) is 16.9. The third kappa shape index (κ3) is 7.12. The van der Waals surface area contributed by atoms with Gasteiger partial charge in [0.05, 0.1) is 9.82 Å². The molecule has 0 bridgehead atoms. The van der Waals surface area contributed by atoms with Crippen LogP contribution in [0.25, 0.3) is 0 Å². The van der Waals surface area contributed by atoms with E-state index in [4.69, 9.17) is 0 Å². The van der Waals surface area contributed by atoms with Gasteiger partial charge in [0.2, 0.25) is 10.0 Å². The summed E-state index contributed by atoms with van der Waals surface area (Å²) in [5.41, 5.74) is -0.159. The molecule has 0 heterocycles. The van der Waals surface area contributed by atoms with E-state index in [-0.39, 0.29) is 16.5 Å². The van der Waals surface area contributed by atoms with E-state index in [0.29, 0.717) is 6.54 Å². The van der Waals surface area contributed by atoms with E-state index < -0.39 is 45.7 Å². The largest absolute Gasteiger partial charge is 0.455 e. The first-order valence-electron chi connectivity index (χ1n) is 8.31. The molecular formula is C16H24N4O7S. The van der Waals surface area contributed by atoms with Gasteiger partial charge in [-0.05, 0) is 18.1 Å². The van der Waals surface area contributed by atoms with E-state index in [0.717, 1.165) is 6.07 Å². The molecule has 0 unspecified atom stereocenters. The van der Waals surface area contributed by atoms with Gasteiger partial charge in [-0.1, -0.05) is 13.8 Å². The van der Waals surface area contributed by atoms with Gasteiger partial charge in [0.25, 0.3) is 11.6 Å². The van der Waals surface area contributed by atoms with Crippen molar-refractivity contribution >= 4 is 33.3 Å². The molecule has 0 aromatic heterocycles. The minimum Gasteiger partial charge on any atom is -0.455 e. The van der Waals surface area contributed by atoms with Crippen molar-refractivity contribution in [2.45, 2.75) is 18.7 Å². The average Bonchev–Trinajstić information content (AvgIpc) is 2.62. The number of sulfonamides is 1. The second-order valence-corrected chi connectivity index (χ2v) is 8.25. The first-order valence-corrected chi connectivity index (χ1v) is 9.80. The summed E-state index contributed by atoms with van der Waals surface area (Å²) < 4.78 is 31.2. The molecule has 0 saturated carbocycles. The fourth-order valence-electron chi connectivity index (χ4n) is 2.00. The second-order valence-electron chi connectivity index (χ2n) is 6.49. The summed E-state index contributed by atoms with van der Waals surface area (Å²) >= 11 is 0. The summed E-state index contributed by atoms with van der Waals surface area (Å²) in [6.07, 6.45) is 0. The van der Waals surface area contributed by atoms with Crippen molar-refractivity contribution in [3.05, 3.63) is 28.3 Å². The van der Waals surface area contributed by atoms with Crippen molar-refractivity contribution in [1.29, 1.82) is 0 Å². The Morgan fingerprint density at radius 3 is 2.46 bits per heavy atom. The number of carbonyl (C=O) groups excluding carboxylic acids is 2. The highest BCUT2D eigenvalue weighted by Crippen LogP contribution is 2.29. The van der Waals surface area contributed by atoms with Crippen LogP contribution in [0.2, 0.25) is 0 Å². The summed E-state index contributed by atoms with van der Waals surface area (Å²) in [5, 5.41) is 13.7. The molecule has 2 N–H and O–H groups in total. The molecule has 1 aromatic rings. The molecule has 1 rings (SSSR count). The van der Waals surface area contributed by atoms with Gasteiger partial charge in [0, 0.05) is 26.7 Å². The van der Waals surface area contributed by atoms with Gasteiger partial charge in [0.1, 0.15) is 12.2 Å². The lowest BCUT2D eigenvalue weighted by Crippen LogP contribution is -2.35. The highest BCUT2D eigenvalue weighted by atomic mass is 32.2. The Morgan fingerprint density at radius 1 is 1.29 bits per heavy atom. The van der Waals surface area contributed by atoms with Gasteiger partial charge >= 0.3 is 5.97 Å². The minimum absolute atomic E-state index is 0.231. The molecule has 0 radical (unpaired) electrons. The maximum atomic E-state index is 12.3. The number of carbonyl (C=O) groups is 2. The van der Waals surface area contributed by atoms with Gasteiger partial charge in [-0.2, -0.15) is 4.72 Å². The predicted molar refractivity (Wildman–Crippen MR) is 101 cm³/mol. The zero-order valence-electron chi connectivity index (χ0n) is 16.1. The molecule has 1 amide bonds. The number of ether oxygens (including phenoxy) is 1. The Labute approximate surface area is 163 Å². The Morgan fingerprint density at radius 2 is 1.93 bits per heavy atom. The lowest BCUT2D eigenvalue weighted by Gasteiger charge is -2.14. The Bertz CT molecular complexity index is 837. The van der Waals surface area contributed by atoms with Crippen molar-refractivity contribution < 1.29 is 27.7 Å². The maximum absolute atomic E-state index is 12.3. The smallest absolute Gasteiger partial charge is 0.321 e. The number of amides is 1. The van der Waals surface area contributed by atoms with Crippen LogP contribution in [-0.2, 0) is 24.3 Å². The number of hydrogen-bond acceptors (Lipinski definition) is 8. The average molecular weight is 416 g/mol. The SMILES string of the molecule is CC(C)CNC(=O)COC(=O)CNS(=O)(=O)c1ccc(N(C)C)c([N+](=O)[O-])c1. The number of nitro benzene ring substituents is 1. The molecule has 156 valence electrons. The molecule has 0 fully saturated rings. The molecule has 0 atom stereocenters. The summed E-state index contributed by atoms with van der Waals surface area (Å²) in [5.74, 6) is -1.23. The number of nitrogens with zero attached hydrogens (tertiary/aromatic N) is 2. The van der Waals surface area contributed by atoms with E-state index in [1.807, 2.05) is 18.6 Å². The van der Waals surface area contributed by atoms with Crippen LogP contribution >= 0.6 is 0 Å². The summed E-state index contributed by atoms with van der Waals surface area (Å²) in [6.45, 7) is 2.97. The molecule has 11 nitrogen and oxygen atoms in total. The zero-order chi connectivity index (χ0) is 21.5. The van der Waals surface area contributed by atoms with Crippen molar-refractivity contribution in [2.75, 3.05) is 38.7 Å². The quantitative estimate of drug-likeness (QED) is 0.313. The fraction of sp³-hybridized carbons (Fsp3) is 0.500. The van der Waals surface area contributed by atoms with Crippen molar-refractivity contribution in [1.82, 2.24) is 10.0 Å². The Balaban J connectivity index is 2.71. The number of nitro groups is 1. The van der Waals surface area contributed by atoms with Crippen LogP contribution < -0.4 is 14.9 Å². The van der Waals surface area contributed by atoms with Crippen LogP contribution in [0.5, 0.6) is 0 Å². The summed E-state index contributed by atoms with van der Waals surface area (Å²) in [6, 6.07) is 3.39. The minimum atomic E-state index is -4.19. The summed E-state index contributed by atoms with van der Waals surface area (Å²) in [4.78, 5) is 34.7. The maximum Gasteiger partial charge on any atom is 0.321 e. The van der Waals surface area contributed by atoms with Gasteiger partial charge in [-0.15, -0.1) is 0 Å². The molecule has 0 spiro atoms. The predicted octanol–water partition coefficient (Wildman–Crippen LogP) is 0.255. The van der Waals surface area contributed by atoms with Crippen molar-refractivity contribution in [3.8, 4) is 0 Å². The molecule has 0 aliphatic carbocycles. The van der Waals surface area contributed by atoms with Gasteiger partial charge in [0.15, 0.2) is 6.61 Å². The van der Waals surface area contributed by atoms with Gasteiger partial charge < -0.3 is 15.0 Å². The lowest BCUT2D eigenvalue weighted by atomic mass is 10.2. The molecular weight excluding hydrogens is 392 g/mol. The van der Waals surface area contributed by atoms with Crippen molar-refractivity contribution in [3.63, 3.8) is 0 Å². The topological polar surface area (TPSA) is 148 Å². The highest BCUT2D eigenvalue weighted by molar-refractivity contribution is 7.89. The monoisotopic (exact) mass is 416 g/mol. The van der Waals surface area contributed by atoms with E-state index in [1.165, 1.54) is 17.0 Å². The van der Waals surface area contributed by atoms with Crippen LogP contribution in [0, 0.1) is 16.0 Å². The number of rotatable bonds is 10. The van der Waals surface area contributed by atoms with E-state index in [9.17, 15) is 28.1 Å². The van der Waals surface area contributed by atoms with Crippen LogP contribution in [0.1, 0.15) is 13.8 Å². The molecule has 1 aromatic carbocycles. The van der Waals surface area contributed by atoms with Gasteiger partial charge in [-0.25, -0.2) is 8.42 Å². The number of anilines is 1. The van der Waals surface area contributed by atoms with E-state index in [2.05, 4.69) is 10.1 Å². The normalized spacial score (nSPS) is 11.2. The van der Waals surface area contributed by atoms with Gasteiger partial charge in [-0.3, -0.25) is 19.7 Å². The standard InChI is InChI=1S/C16H24N4O7S/c1-11(2)8-17-15(21)10-27-16(22)9-18-28(25,26)12-5-6-13(19(3)4)14(7-12)20(23)24/h5-7,11,18H,8-10H2,1-4H3,(H,17,21). The van der Waals surface area contributed by atoms with Crippen LogP contribution in [0.15, 0.2) is 23.1 Å². The molecule has 0 aliphatic rings. The van der Waals surface area contributed by atoms with Crippen molar-refractivity contribution in [2.24, 2.45) is 5.92 Å². The molecule has 28 heavy (non-hydrogen) atoms. The Kier molecular flexibility index (Phi) is 8.32. The number of nitrogens with one attached hydrogen (secondary N) is 2. The first kappa shape index (κ1) is 23.3. The number of benzene rings is 1. The van der Waals surface area contributed by atoms with Crippen LogP contribution in [-0.4, -0.2) is 59.0 Å². The lowest BCUT2D eigenvalue weighted by molar-refractivity contribution is -0.384. The molecule has 12 heteroatoms. The molecule has 0 aliphatic heterocycles. The van der Waals surface area contributed by atoms with E-state index in [1.54, 1.807) is 14.1 Å². The number of esters is 1. The molecule has 0 saturated heterocycles. The third-order valence-electron chi connectivity index (χ3n) is 3.41. The first-order chi connectivity index (χ1) is 12.9. The third-order valence-corrected chi connectivity index (χ3v) is 4.81. The number of hydrogen-bond donors (Lipinski definition) is 2. The second kappa shape index (κ2) is 9.99.